The minimum Gasteiger partial charge on any atom is -0.354 e. The highest BCUT2D eigenvalue weighted by Crippen LogP contribution is 2.34. The Kier molecular flexibility index (Phi) is 2.26. The molecule has 0 spiro atoms. The first-order valence-electron chi connectivity index (χ1n) is 5.03. The molecule has 2 aromatic heterocycles. The molecular weight excluding hydrogens is 264 g/mol. The number of pyridine rings is 1. The van der Waals surface area contributed by atoms with Gasteiger partial charge in [-0.1, -0.05) is 18.2 Å². The lowest BCUT2D eigenvalue weighted by Crippen LogP contribution is -1.78. The van der Waals surface area contributed by atoms with Gasteiger partial charge in [0.2, 0.25) is 0 Å². The van der Waals surface area contributed by atoms with Crippen molar-refractivity contribution in [2.24, 2.45) is 0 Å². The molecule has 78 valence electrons. The minimum absolute atomic E-state index is 1.10. The average molecular weight is 273 g/mol. The summed E-state index contributed by atoms with van der Waals surface area (Å²) in [5.41, 5.74) is 3.38. The third kappa shape index (κ3) is 1.44. The number of halogens is 1. The topological polar surface area (TPSA) is 28.7 Å². The zero-order valence-corrected chi connectivity index (χ0v) is 10.0. The van der Waals surface area contributed by atoms with E-state index in [1.807, 2.05) is 24.3 Å². The summed E-state index contributed by atoms with van der Waals surface area (Å²) in [6, 6.07) is 12.2. The summed E-state index contributed by atoms with van der Waals surface area (Å²) in [5, 5.41) is 1.20. The molecule has 0 atom stereocenters. The van der Waals surface area contributed by atoms with Crippen molar-refractivity contribution in [3.63, 3.8) is 0 Å². The second kappa shape index (κ2) is 3.76. The molecule has 0 aliphatic carbocycles. The van der Waals surface area contributed by atoms with Crippen molar-refractivity contribution >= 4 is 26.8 Å². The standard InChI is InChI=1S/C13H9BrN2/c14-12-10-3-1-2-4-11(10)16-13(12)9-5-7-15-8-6-9/h1-8,16H. The van der Waals surface area contributed by atoms with E-state index >= 15 is 0 Å². The van der Waals surface area contributed by atoms with Gasteiger partial charge >= 0.3 is 0 Å². The minimum atomic E-state index is 1.10. The highest BCUT2D eigenvalue weighted by molar-refractivity contribution is 9.10. The predicted octanol–water partition coefficient (Wildman–Crippen LogP) is 3.99. The van der Waals surface area contributed by atoms with Gasteiger partial charge in [-0.2, -0.15) is 0 Å². The first-order valence-corrected chi connectivity index (χ1v) is 5.82. The molecule has 0 unspecified atom stereocenters. The molecule has 1 N–H and O–H groups in total. The number of rotatable bonds is 1. The molecule has 16 heavy (non-hydrogen) atoms. The summed E-state index contributed by atoms with van der Waals surface area (Å²) >= 11 is 3.64. The van der Waals surface area contributed by atoms with Crippen LogP contribution in [0.15, 0.2) is 53.3 Å². The van der Waals surface area contributed by atoms with E-state index in [0.29, 0.717) is 0 Å². The second-order valence-electron chi connectivity index (χ2n) is 3.60. The highest BCUT2D eigenvalue weighted by atomic mass is 79.9. The Balaban J connectivity index is 2.29. The third-order valence-corrected chi connectivity index (χ3v) is 3.44. The number of hydrogen-bond donors (Lipinski definition) is 1. The Labute approximate surface area is 101 Å². The number of nitrogens with one attached hydrogen (secondary N) is 1. The summed E-state index contributed by atoms with van der Waals surface area (Å²) in [6.45, 7) is 0. The first-order chi connectivity index (χ1) is 7.86. The van der Waals surface area contributed by atoms with Crippen LogP contribution in [0.3, 0.4) is 0 Å². The molecule has 0 amide bonds. The van der Waals surface area contributed by atoms with E-state index in [-0.39, 0.29) is 0 Å². The number of hydrogen-bond acceptors (Lipinski definition) is 1. The molecule has 0 fully saturated rings. The molecular formula is C13H9BrN2. The summed E-state index contributed by atoms with van der Waals surface area (Å²) in [4.78, 5) is 7.43. The lowest BCUT2D eigenvalue weighted by atomic mass is 10.2. The number of aromatic amines is 1. The van der Waals surface area contributed by atoms with Crippen LogP contribution in [0.25, 0.3) is 22.2 Å². The van der Waals surface area contributed by atoms with E-state index in [2.05, 4.69) is 38.0 Å². The predicted molar refractivity (Wildman–Crippen MR) is 69.2 cm³/mol. The van der Waals surface area contributed by atoms with Gasteiger partial charge in [0.25, 0.3) is 0 Å². The fourth-order valence-corrected chi connectivity index (χ4v) is 2.50. The van der Waals surface area contributed by atoms with Gasteiger partial charge in [-0.15, -0.1) is 0 Å². The molecule has 3 rings (SSSR count). The van der Waals surface area contributed by atoms with Crippen molar-refractivity contribution in [1.29, 1.82) is 0 Å². The monoisotopic (exact) mass is 272 g/mol. The smallest absolute Gasteiger partial charge is 0.0610 e. The van der Waals surface area contributed by atoms with E-state index in [4.69, 9.17) is 0 Å². The number of H-pyrrole nitrogens is 1. The Morgan fingerprint density at radius 1 is 1.00 bits per heavy atom. The Morgan fingerprint density at radius 3 is 2.50 bits per heavy atom. The van der Waals surface area contributed by atoms with Crippen molar-refractivity contribution in [2.45, 2.75) is 0 Å². The van der Waals surface area contributed by atoms with E-state index in [9.17, 15) is 0 Å². The largest absolute Gasteiger partial charge is 0.354 e. The van der Waals surface area contributed by atoms with Gasteiger partial charge in [0.1, 0.15) is 0 Å². The van der Waals surface area contributed by atoms with Crippen LogP contribution in [-0.2, 0) is 0 Å². The van der Waals surface area contributed by atoms with Crippen molar-refractivity contribution in [3.8, 4) is 11.3 Å². The first kappa shape index (κ1) is 9.60. The highest BCUT2D eigenvalue weighted by Gasteiger charge is 2.09. The van der Waals surface area contributed by atoms with Crippen molar-refractivity contribution in [2.75, 3.05) is 0 Å². The number of benzene rings is 1. The molecule has 2 nitrogen and oxygen atoms in total. The van der Waals surface area contributed by atoms with Crippen LogP contribution in [0.4, 0.5) is 0 Å². The summed E-state index contributed by atoms with van der Waals surface area (Å²) in [5.74, 6) is 0. The fraction of sp³-hybridized carbons (Fsp3) is 0. The zero-order valence-electron chi connectivity index (χ0n) is 8.44. The van der Waals surface area contributed by atoms with E-state index in [1.165, 1.54) is 5.39 Å². The van der Waals surface area contributed by atoms with Crippen LogP contribution in [0.2, 0.25) is 0 Å². The number of para-hydroxylation sites is 1. The summed E-state index contributed by atoms with van der Waals surface area (Å²) in [7, 11) is 0. The summed E-state index contributed by atoms with van der Waals surface area (Å²) < 4.78 is 1.11. The zero-order chi connectivity index (χ0) is 11.0. The molecule has 0 aliphatic rings. The van der Waals surface area contributed by atoms with Crippen LogP contribution in [0.1, 0.15) is 0 Å². The Bertz CT molecular complexity index is 629. The van der Waals surface area contributed by atoms with Gasteiger partial charge in [-0.05, 0) is 34.1 Å². The van der Waals surface area contributed by atoms with Gasteiger partial charge in [0.05, 0.1) is 10.2 Å². The normalized spacial score (nSPS) is 10.8. The number of fused-ring (bicyclic) bond motifs is 1. The van der Waals surface area contributed by atoms with Gasteiger partial charge in [0.15, 0.2) is 0 Å². The molecule has 0 radical (unpaired) electrons. The fourth-order valence-electron chi connectivity index (χ4n) is 1.83. The maximum Gasteiger partial charge on any atom is 0.0610 e. The average Bonchev–Trinajstić information content (AvgIpc) is 2.69. The van der Waals surface area contributed by atoms with Crippen molar-refractivity contribution < 1.29 is 0 Å². The van der Waals surface area contributed by atoms with Crippen LogP contribution in [-0.4, -0.2) is 9.97 Å². The molecule has 3 heteroatoms. The number of nitrogens with zero attached hydrogens (tertiary/aromatic N) is 1. The van der Waals surface area contributed by atoms with Gasteiger partial charge in [-0.25, -0.2) is 0 Å². The Hall–Kier alpha value is -1.61. The van der Waals surface area contributed by atoms with Crippen LogP contribution >= 0.6 is 15.9 Å². The molecule has 3 aromatic rings. The third-order valence-electron chi connectivity index (χ3n) is 2.61. The van der Waals surface area contributed by atoms with Gasteiger partial charge in [0, 0.05) is 28.9 Å². The quantitative estimate of drug-likeness (QED) is 0.713. The lowest BCUT2D eigenvalue weighted by molar-refractivity contribution is 1.32. The van der Waals surface area contributed by atoms with Crippen LogP contribution in [0.5, 0.6) is 0 Å². The molecule has 0 saturated carbocycles. The maximum absolute atomic E-state index is 4.03. The molecule has 0 aliphatic heterocycles. The van der Waals surface area contributed by atoms with E-state index < -0.39 is 0 Å². The molecule has 2 heterocycles. The molecule has 0 bridgehead atoms. The second-order valence-corrected chi connectivity index (χ2v) is 4.39. The summed E-state index contributed by atoms with van der Waals surface area (Å²) in [6.07, 6.45) is 3.60. The number of aromatic nitrogens is 2. The van der Waals surface area contributed by atoms with Crippen LogP contribution < -0.4 is 0 Å². The maximum atomic E-state index is 4.03. The lowest BCUT2D eigenvalue weighted by Gasteiger charge is -1.97. The van der Waals surface area contributed by atoms with Crippen molar-refractivity contribution in [1.82, 2.24) is 9.97 Å². The molecule has 0 saturated heterocycles. The van der Waals surface area contributed by atoms with Gasteiger partial charge in [-0.3, -0.25) is 4.98 Å². The Morgan fingerprint density at radius 2 is 1.75 bits per heavy atom. The van der Waals surface area contributed by atoms with Crippen molar-refractivity contribution in [3.05, 3.63) is 53.3 Å². The van der Waals surface area contributed by atoms with Crippen LogP contribution in [0, 0.1) is 0 Å². The SMILES string of the molecule is Brc1c(-c2ccncc2)[nH]c2ccccc12. The van der Waals surface area contributed by atoms with E-state index in [1.54, 1.807) is 12.4 Å². The van der Waals surface area contributed by atoms with E-state index in [0.717, 1.165) is 21.2 Å². The van der Waals surface area contributed by atoms with Gasteiger partial charge < -0.3 is 4.98 Å². The molecule has 1 aromatic carbocycles.